The van der Waals surface area contributed by atoms with Crippen LogP contribution < -0.4 is 5.32 Å². The predicted molar refractivity (Wildman–Crippen MR) is 121 cm³/mol. The third kappa shape index (κ3) is 7.09. The van der Waals surface area contributed by atoms with Crippen LogP contribution in [-0.2, 0) is 22.7 Å². The highest BCUT2D eigenvalue weighted by Gasteiger charge is 2.22. The number of benzene rings is 1. The molecule has 160 valence electrons. The highest BCUT2D eigenvalue weighted by atomic mass is 32.1. The second kappa shape index (κ2) is 11.6. The molecule has 0 radical (unpaired) electrons. The maximum atomic E-state index is 12.8. The van der Waals surface area contributed by atoms with Crippen LogP contribution in [0.3, 0.4) is 0 Å². The zero-order valence-corrected chi connectivity index (χ0v) is 18.2. The first-order valence-electron chi connectivity index (χ1n) is 10.3. The van der Waals surface area contributed by atoms with E-state index in [-0.39, 0.29) is 11.8 Å². The lowest BCUT2D eigenvalue weighted by molar-refractivity contribution is -0.133. The zero-order chi connectivity index (χ0) is 21.2. The van der Waals surface area contributed by atoms with E-state index >= 15 is 0 Å². The molecule has 1 aliphatic heterocycles. The quantitative estimate of drug-likeness (QED) is 0.592. The van der Waals surface area contributed by atoms with E-state index in [1.165, 1.54) is 4.88 Å². The molecule has 1 saturated heterocycles. The van der Waals surface area contributed by atoms with E-state index in [0.29, 0.717) is 32.7 Å². The molecular formula is C23H30N4O2S. The van der Waals surface area contributed by atoms with E-state index in [1.54, 1.807) is 17.4 Å². The van der Waals surface area contributed by atoms with E-state index in [4.69, 9.17) is 0 Å². The summed E-state index contributed by atoms with van der Waals surface area (Å²) in [6.07, 6.45) is 1.78. The molecule has 2 aromatic rings. The highest BCUT2D eigenvalue weighted by Crippen LogP contribution is 2.13. The number of rotatable bonds is 10. The maximum absolute atomic E-state index is 12.8. The monoisotopic (exact) mass is 426 g/mol. The summed E-state index contributed by atoms with van der Waals surface area (Å²) in [4.78, 5) is 32.3. The number of amides is 2. The predicted octanol–water partition coefficient (Wildman–Crippen LogP) is 2.20. The number of piperazine rings is 1. The third-order valence-corrected chi connectivity index (χ3v) is 6.01. The van der Waals surface area contributed by atoms with Crippen LogP contribution in [0.5, 0.6) is 0 Å². The molecular weight excluding hydrogens is 396 g/mol. The van der Waals surface area contributed by atoms with Crippen molar-refractivity contribution in [3.8, 4) is 0 Å². The third-order valence-electron chi connectivity index (χ3n) is 5.15. The Kier molecular flexibility index (Phi) is 8.62. The molecule has 1 N–H and O–H groups in total. The molecule has 30 heavy (non-hydrogen) atoms. The molecule has 1 aromatic heterocycles. The van der Waals surface area contributed by atoms with Crippen LogP contribution in [0.4, 0.5) is 0 Å². The van der Waals surface area contributed by atoms with E-state index in [1.807, 2.05) is 46.7 Å². The fourth-order valence-electron chi connectivity index (χ4n) is 3.45. The molecule has 1 aromatic carbocycles. The molecule has 2 heterocycles. The van der Waals surface area contributed by atoms with Gasteiger partial charge in [-0.1, -0.05) is 42.5 Å². The maximum Gasteiger partial charge on any atom is 0.237 e. The Bertz CT molecular complexity index is 802. The number of nitrogens with zero attached hydrogens (tertiary/aromatic N) is 3. The van der Waals surface area contributed by atoms with Crippen molar-refractivity contribution in [3.63, 3.8) is 0 Å². The summed E-state index contributed by atoms with van der Waals surface area (Å²) in [5, 5.41) is 5.01. The molecule has 0 saturated carbocycles. The van der Waals surface area contributed by atoms with Crippen molar-refractivity contribution in [3.05, 3.63) is 70.9 Å². The van der Waals surface area contributed by atoms with Gasteiger partial charge in [0.1, 0.15) is 0 Å². The summed E-state index contributed by atoms with van der Waals surface area (Å²) >= 11 is 1.66. The normalized spacial score (nSPS) is 14.9. The van der Waals surface area contributed by atoms with E-state index in [2.05, 4.69) is 27.8 Å². The van der Waals surface area contributed by atoms with Crippen LogP contribution in [0.25, 0.3) is 0 Å². The summed E-state index contributed by atoms with van der Waals surface area (Å²) < 4.78 is 0. The fraction of sp³-hybridized carbons (Fsp3) is 0.391. The molecule has 1 aliphatic rings. The van der Waals surface area contributed by atoms with Gasteiger partial charge in [-0.3, -0.25) is 19.4 Å². The van der Waals surface area contributed by atoms with Crippen LogP contribution in [0.2, 0.25) is 0 Å². The van der Waals surface area contributed by atoms with Crippen molar-refractivity contribution in [2.24, 2.45) is 0 Å². The van der Waals surface area contributed by atoms with Crippen molar-refractivity contribution in [1.29, 1.82) is 0 Å². The fourth-order valence-corrected chi connectivity index (χ4v) is 4.17. The molecule has 0 unspecified atom stereocenters. The Balaban J connectivity index is 1.38. The first-order chi connectivity index (χ1) is 14.6. The second-order valence-electron chi connectivity index (χ2n) is 7.46. The molecule has 2 amide bonds. The minimum atomic E-state index is 0.0384. The number of hydrogen-bond donors (Lipinski definition) is 1. The first-order valence-corrected chi connectivity index (χ1v) is 11.2. The number of nitrogens with one attached hydrogen (secondary N) is 1. The Hall–Kier alpha value is -2.48. The number of carbonyl (C=O) groups excluding carboxylic acids is 2. The van der Waals surface area contributed by atoms with Crippen molar-refractivity contribution in [2.75, 3.05) is 45.8 Å². The standard InChI is InChI=1S/C23H30N4O2S/c1-2-10-27(17-21-9-6-15-30-21)23(29)19-26-13-11-25(12-14-26)18-22(28)24-16-20-7-4-3-5-8-20/h2-9,15H,1,10-14,16-19H2,(H,24,28). The van der Waals surface area contributed by atoms with E-state index in [0.717, 1.165) is 31.7 Å². The Morgan fingerprint density at radius 2 is 1.73 bits per heavy atom. The molecule has 0 bridgehead atoms. The van der Waals surface area contributed by atoms with Gasteiger partial charge in [-0.2, -0.15) is 0 Å². The average molecular weight is 427 g/mol. The topological polar surface area (TPSA) is 55.9 Å². The van der Waals surface area contributed by atoms with Gasteiger partial charge in [0.25, 0.3) is 0 Å². The SMILES string of the molecule is C=CCN(Cc1cccs1)C(=O)CN1CCN(CC(=O)NCc2ccccc2)CC1. The largest absolute Gasteiger partial charge is 0.351 e. The van der Waals surface area contributed by atoms with Crippen molar-refractivity contribution >= 4 is 23.2 Å². The summed E-state index contributed by atoms with van der Waals surface area (Å²) in [6.45, 7) is 9.49. The van der Waals surface area contributed by atoms with Gasteiger partial charge in [-0.25, -0.2) is 0 Å². The van der Waals surface area contributed by atoms with Crippen LogP contribution in [0.15, 0.2) is 60.5 Å². The lowest BCUT2D eigenvalue weighted by Gasteiger charge is -2.35. The molecule has 3 rings (SSSR count). The van der Waals surface area contributed by atoms with Crippen LogP contribution in [0, 0.1) is 0 Å². The molecule has 0 atom stereocenters. The molecule has 7 heteroatoms. The van der Waals surface area contributed by atoms with E-state index < -0.39 is 0 Å². The number of hydrogen-bond acceptors (Lipinski definition) is 5. The van der Waals surface area contributed by atoms with Gasteiger partial charge in [0, 0.05) is 44.1 Å². The van der Waals surface area contributed by atoms with Crippen molar-refractivity contribution < 1.29 is 9.59 Å². The van der Waals surface area contributed by atoms with E-state index in [9.17, 15) is 9.59 Å². The molecule has 0 spiro atoms. The lowest BCUT2D eigenvalue weighted by Crippen LogP contribution is -2.51. The molecule has 6 nitrogen and oxygen atoms in total. The summed E-state index contributed by atoms with van der Waals surface area (Å²) in [7, 11) is 0. The minimum absolute atomic E-state index is 0.0384. The summed E-state index contributed by atoms with van der Waals surface area (Å²) in [5.41, 5.74) is 1.10. The van der Waals surface area contributed by atoms with Gasteiger partial charge in [0.15, 0.2) is 0 Å². The zero-order valence-electron chi connectivity index (χ0n) is 17.3. The second-order valence-corrected chi connectivity index (χ2v) is 8.49. The van der Waals surface area contributed by atoms with Crippen molar-refractivity contribution in [2.45, 2.75) is 13.1 Å². The Morgan fingerprint density at radius 3 is 2.37 bits per heavy atom. The molecule has 0 aliphatic carbocycles. The lowest BCUT2D eigenvalue weighted by atomic mass is 10.2. The van der Waals surface area contributed by atoms with Gasteiger partial charge in [-0.15, -0.1) is 17.9 Å². The number of thiophene rings is 1. The van der Waals surface area contributed by atoms with Crippen LogP contribution in [0.1, 0.15) is 10.4 Å². The van der Waals surface area contributed by atoms with Gasteiger partial charge >= 0.3 is 0 Å². The summed E-state index contributed by atoms with van der Waals surface area (Å²) in [5.74, 6) is 0.161. The highest BCUT2D eigenvalue weighted by molar-refractivity contribution is 7.09. The minimum Gasteiger partial charge on any atom is -0.351 e. The van der Waals surface area contributed by atoms with Gasteiger partial charge in [-0.05, 0) is 17.0 Å². The summed E-state index contributed by atoms with van der Waals surface area (Å²) in [6, 6.07) is 14.0. The first kappa shape index (κ1) is 22.2. The molecule has 1 fully saturated rings. The van der Waals surface area contributed by atoms with Crippen LogP contribution >= 0.6 is 11.3 Å². The van der Waals surface area contributed by atoms with Crippen LogP contribution in [-0.4, -0.2) is 72.3 Å². The average Bonchev–Trinajstić information content (AvgIpc) is 3.27. The number of carbonyl (C=O) groups is 2. The van der Waals surface area contributed by atoms with Crippen molar-refractivity contribution in [1.82, 2.24) is 20.0 Å². The smallest absolute Gasteiger partial charge is 0.237 e. The van der Waals surface area contributed by atoms with Gasteiger partial charge in [0.05, 0.1) is 19.6 Å². The van der Waals surface area contributed by atoms with Gasteiger partial charge in [0.2, 0.25) is 11.8 Å². The Labute approximate surface area is 182 Å². The Morgan fingerprint density at radius 1 is 1.03 bits per heavy atom. The van der Waals surface area contributed by atoms with Gasteiger partial charge < -0.3 is 10.2 Å².